The second-order valence-corrected chi connectivity index (χ2v) is 5.76. The minimum Gasteiger partial charge on any atom is -0.399 e. The lowest BCUT2D eigenvalue weighted by atomic mass is 10.0. The zero-order chi connectivity index (χ0) is 18.2. The zero-order valence-electron chi connectivity index (χ0n) is 13.6. The third-order valence-corrected chi connectivity index (χ3v) is 3.77. The van der Waals surface area contributed by atoms with E-state index in [2.05, 4.69) is 20.3 Å². The molecular formula is C17H16F3N5. The van der Waals surface area contributed by atoms with Gasteiger partial charge in [-0.15, -0.1) is 0 Å². The smallest absolute Gasteiger partial charge is 0.399 e. The van der Waals surface area contributed by atoms with E-state index in [9.17, 15) is 13.2 Å². The van der Waals surface area contributed by atoms with Crippen molar-refractivity contribution in [2.45, 2.75) is 26.1 Å². The second-order valence-electron chi connectivity index (χ2n) is 5.76. The molecule has 0 aliphatic heterocycles. The third kappa shape index (κ3) is 3.62. The van der Waals surface area contributed by atoms with Crippen molar-refractivity contribution < 1.29 is 13.2 Å². The number of hydrogen-bond acceptors (Lipinski definition) is 5. The van der Waals surface area contributed by atoms with Crippen molar-refractivity contribution in [2.75, 3.05) is 11.1 Å². The molecule has 0 fully saturated rings. The molecule has 2 heterocycles. The van der Waals surface area contributed by atoms with Crippen molar-refractivity contribution in [3.8, 4) is 0 Å². The number of benzene rings is 1. The van der Waals surface area contributed by atoms with E-state index in [4.69, 9.17) is 5.73 Å². The molecule has 0 bridgehead atoms. The van der Waals surface area contributed by atoms with E-state index in [1.165, 1.54) is 6.07 Å². The van der Waals surface area contributed by atoms with Crippen LogP contribution in [0.4, 0.5) is 24.7 Å². The maximum absolute atomic E-state index is 13.0. The lowest BCUT2D eigenvalue weighted by molar-refractivity contribution is -0.137. The molecular weight excluding hydrogens is 331 g/mol. The van der Waals surface area contributed by atoms with Crippen molar-refractivity contribution in [1.29, 1.82) is 0 Å². The van der Waals surface area contributed by atoms with E-state index in [-0.39, 0.29) is 5.69 Å². The van der Waals surface area contributed by atoms with Gasteiger partial charge in [-0.25, -0.2) is 9.97 Å². The summed E-state index contributed by atoms with van der Waals surface area (Å²) in [5.74, 6) is 1.08. The number of pyridine rings is 1. The number of nitrogens with two attached hydrogens (primary N) is 1. The molecule has 1 aromatic carbocycles. The number of fused-ring (bicyclic) bond motifs is 1. The van der Waals surface area contributed by atoms with Crippen LogP contribution in [-0.4, -0.2) is 15.0 Å². The predicted octanol–water partition coefficient (Wildman–Crippen LogP) is 4.11. The van der Waals surface area contributed by atoms with Gasteiger partial charge in [0.1, 0.15) is 11.6 Å². The van der Waals surface area contributed by atoms with Crippen LogP contribution in [-0.2, 0) is 6.18 Å². The normalized spacial score (nSPS) is 13.0. The second kappa shape index (κ2) is 6.19. The summed E-state index contributed by atoms with van der Waals surface area (Å²) in [7, 11) is 0. The van der Waals surface area contributed by atoms with Gasteiger partial charge < -0.3 is 11.1 Å². The number of rotatable bonds is 3. The summed E-state index contributed by atoms with van der Waals surface area (Å²) in [6.07, 6.45) is -1.23. The average Bonchev–Trinajstić information content (AvgIpc) is 2.53. The maximum atomic E-state index is 13.0. The van der Waals surface area contributed by atoms with Crippen LogP contribution in [0.15, 0.2) is 36.7 Å². The quantitative estimate of drug-likeness (QED) is 0.697. The Hall–Kier alpha value is -2.90. The molecule has 25 heavy (non-hydrogen) atoms. The van der Waals surface area contributed by atoms with E-state index in [0.717, 1.165) is 17.5 Å². The number of nitrogens with zero attached hydrogens (tertiary/aromatic N) is 3. The topological polar surface area (TPSA) is 76.7 Å². The third-order valence-electron chi connectivity index (χ3n) is 3.77. The molecule has 0 saturated heterocycles. The summed E-state index contributed by atoms with van der Waals surface area (Å²) in [6.45, 7) is 3.49. The molecule has 0 aliphatic carbocycles. The Kier molecular flexibility index (Phi) is 4.20. The molecule has 2 aromatic heterocycles. The zero-order valence-corrected chi connectivity index (χ0v) is 13.6. The first-order chi connectivity index (χ1) is 11.7. The van der Waals surface area contributed by atoms with Crippen LogP contribution >= 0.6 is 0 Å². The Labute approximate surface area is 142 Å². The fraction of sp³-hybridized carbons (Fsp3) is 0.235. The van der Waals surface area contributed by atoms with Crippen LogP contribution in [0.25, 0.3) is 10.9 Å². The van der Waals surface area contributed by atoms with Crippen molar-refractivity contribution in [3.05, 3.63) is 53.6 Å². The molecule has 0 spiro atoms. The lowest BCUT2D eigenvalue weighted by Gasteiger charge is -2.19. The first-order valence-electron chi connectivity index (χ1n) is 7.56. The highest BCUT2D eigenvalue weighted by atomic mass is 19.4. The summed E-state index contributed by atoms with van der Waals surface area (Å²) in [5, 5.41) is 3.89. The lowest BCUT2D eigenvalue weighted by Crippen LogP contribution is -2.12. The van der Waals surface area contributed by atoms with E-state index in [0.29, 0.717) is 22.7 Å². The fourth-order valence-electron chi connectivity index (χ4n) is 2.59. The molecule has 1 atom stereocenters. The van der Waals surface area contributed by atoms with E-state index in [1.807, 2.05) is 0 Å². The van der Waals surface area contributed by atoms with Crippen molar-refractivity contribution in [2.24, 2.45) is 0 Å². The standard InChI is InChI=1S/C17H16F3N5/c1-9(11-5-12(17(18,19)20)7-13(21)6-11)23-16-14-3-4-22-8-15(14)24-10(2)25-16/h3-9H,21H2,1-2H3,(H,23,24,25). The summed E-state index contributed by atoms with van der Waals surface area (Å²) < 4.78 is 39.0. The summed E-state index contributed by atoms with van der Waals surface area (Å²) in [4.78, 5) is 12.7. The Morgan fingerprint density at radius 3 is 2.64 bits per heavy atom. The Morgan fingerprint density at radius 2 is 1.92 bits per heavy atom. The fourth-order valence-corrected chi connectivity index (χ4v) is 2.59. The highest BCUT2D eigenvalue weighted by Crippen LogP contribution is 2.33. The monoisotopic (exact) mass is 347 g/mol. The minimum atomic E-state index is -4.45. The molecule has 130 valence electrons. The van der Waals surface area contributed by atoms with E-state index < -0.39 is 17.8 Å². The number of halogens is 3. The Morgan fingerprint density at radius 1 is 1.16 bits per heavy atom. The number of hydrogen-bond donors (Lipinski definition) is 2. The molecule has 0 aliphatic rings. The number of aromatic nitrogens is 3. The molecule has 0 saturated carbocycles. The number of nitrogen functional groups attached to an aromatic ring is 1. The first-order valence-corrected chi connectivity index (χ1v) is 7.56. The van der Waals surface area contributed by atoms with Gasteiger partial charge in [0.25, 0.3) is 0 Å². The summed E-state index contributed by atoms with van der Waals surface area (Å²) in [5.41, 5.74) is 6.01. The van der Waals surface area contributed by atoms with Crippen LogP contribution in [0.1, 0.15) is 29.9 Å². The van der Waals surface area contributed by atoms with Crippen LogP contribution < -0.4 is 11.1 Å². The highest BCUT2D eigenvalue weighted by Gasteiger charge is 2.31. The number of anilines is 2. The van der Waals surface area contributed by atoms with Gasteiger partial charge in [-0.1, -0.05) is 0 Å². The minimum absolute atomic E-state index is 0.0615. The van der Waals surface area contributed by atoms with Gasteiger partial charge in [0.2, 0.25) is 0 Å². The van der Waals surface area contributed by atoms with Gasteiger partial charge in [-0.2, -0.15) is 13.2 Å². The number of nitrogens with one attached hydrogen (secondary N) is 1. The van der Waals surface area contributed by atoms with Crippen LogP contribution in [0.5, 0.6) is 0 Å². The SMILES string of the molecule is Cc1nc(NC(C)c2cc(N)cc(C(F)(F)F)c2)c2ccncc2n1. The first kappa shape index (κ1) is 16.9. The Bertz CT molecular complexity index is 924. The van der Waals surface area contributed by atoms with Gasteiger partial charge in [0.15, 0.2) is 0 Å². The number of alkyl halides is 3. The Balaban J connectivity index is 1.98. The van der Waals surface area contributed by atoms with Gasteiger partial charge in [0.05, 0.1) is 23.3 Å². The van der Waals surface area contributed by atoms with Gasteiger partial charge in [0, 0.05) is 17.3 Å². The molecule has 3 aromatic rings. The van der Waals surface area contributed by atoms with Crippen molar-refractivity contribution >= 4 is 22.4 Å². The molecule has 0 radical (unpaired) electrons. The molecule has 8 heteroatoms. The van der Waals surface area contributed by atoms with Gasteiger partial charge >= 0.3 is 6.18 Å². The molecule has 3 rings (SSSR count). The van der Waals surface area contributed by atoms with E-state index in [1.54, 1.807) is 32.3 Å². The molecule has 0 amide bonds. The average molecular weight is 347 g/mol. The molecule has 1 unspecified atom stereocenters. The van der Waals surface area contributed by atoms with Crippen molar-refractivity contribution in [3.63, 3.8) is 0 Å². The molecule has 3 N–H and O–H groups in total. The van der Waals surface area contributed by atoms with Crippen molar-refractivity contribution in [1.82, 2.24) is 15.0 Å². The van der Waals surface area contributed by atoms with Crippen LogP contribution in [0, 0.1) is 6.92 Å². The van der Waals surface area contributed by atoms with Crippen LogP contribution in [0.2, 0.25) is 0 Å². The number of aryl methyl sites for hydroxylation is 1. The van der Waals surface area contributed by atoms with Crippen LogP contribution in [0.3, 0.4) is 0 Å². The molecule has 5 nitrogen and oxygen atoms in total. The summed E-state index contributed by atoms with van der Waals surface area (Å²) >= 11 is 0. The van der Waals surface area contributed by atoms with Gasteiger partial charge in [-0.3, -0.25) is 4.98 Å². The maximum Gasteiger partial charge on any atom is 0.416 e. The predicted molar refractivity (Wildman–Crippen MR) is 90.0 cm³/mol. The highest BCUT2D eigenvalue weighted by molar-refractivity contribution is 5.88. The van der Waals surface area contributed by atoms with Gasteiger partial charge in [-0.05, 0) is 43.7 Å². The summed E-state index contributed by atoms with van der Waals surface area (Å²) in [6, 6.07) is 4.85. The van der Waals surface area contributed by atoms with E-state index >= 15 is 0 Å². The largest absolute Gasteiger partial charge is 0.416 e.